The minimum atomic E-state index is 1.20. The number of hydrogen-bond acceptors (Lipinski definition) is 0. The van der Waals surface area contributed by atoms with Crippen LogP contribution in [0.3, 0.4) is 0 Å². The van der Waals surface area contributed by atoms with Crippen molar-refractivity contribution in [3.8, 4) is 22.3 Å². The molecule has 0 saturated carbocycles. The zero-order valence-corrected chi connectivity index (χ0v) is 20.0. The van der Waals surface area contributed by atoms with Crippen LogP contribution in [-0.4, -0.2) is 0 Å². The fourth-order valence-corrected chi connectivity index (χ4v) is 4.94. The molecule has 0 amide bonds. The van der Waals surface area contributed by atoms with E-state index in [1.165, 1.54) is 55.7 Å². The number of rotatable bonds is 5. The topological polar surface area (TPSA) is 0 Å². The van der Waals surface area contributed by atoms with Crippen molar-refractivity contribution in [1.82, 2.24) is 0 Å². The van der Waals surface area contributed by atoms with Crippen molar-refractivity contribution in [2.75, 3.05) is 0 Å². The second-order valence-corrected chi connectivity index (χ2v) is 8.99. The first-order chi connectivity index (χ1) is 17.9. The normalized spacial score (nSPS) is 10.8. The second-order valence-electron chi connectivity index (χ2n) is 8.99. The minimum absolute atomic E-state index is 1.20. The molecule has 0 fully saturated rings. The van der Waals surface area contributed by atoms with Crippen molar-refractivity contribution in [1.29, 1.82) is 0 Å². The molecule has 2 aliphatic carbocycles. The molecule has 0 aromatic heterocycles. The van der Waals surface area contributed by atoms with Crippen LogP contribution in [-0.2, 0) is 0 Å². The van der Waals surface area contributed by atoms with Gasteiger partial charge in [-0.2, -0.15) is 0 Å². The van der Waals surface area contributed by atoms with Gasteiger partial charge < -0.3 is 0 Å². The van der Waals surface area contributed by atoms with E-state index >= 15 is 0 Å². The Kier molecular flexibility index (Phi) is 6.00. The summed E-state index contributed by atoms with van der Waals surface area (Å²) in [5.41, 5.74) is 12.3. The largest absolute Gasteiger partial charge is 0.0622 e. The predicted octanol–water partition coefficient (Wildman–Crippen LogP) is 9.47. The van der Waals surface area contributed by atoms with Crippen LogP contribution in [0.2, 0.25) is 0 Å². The van der Waals surface area contributed by atoms with Gasteiger partial charge in [0.2, 0.25) is 0 Å². The molecular weight excluding hydrogens is 432 g/mol. The SMILES string of the molecule is c1ccc(C(=C(c2ccccc2)c2ccc(-c3cc4cccccc-4c3)cc2)c2ccccc2)cc1. The van der Waals surface area contributed by atoms with Gasteiger partial charge in [0.15, 0.2) is 0 Å². The third kappa shape index (κ3) is 4.37. The van der Waals surface area contributed by atoms with Crippen molar-refractivity contribution in [2.24, 2.45) is 0 Å². The highest BCUT2D eigenvalue weighted by atomic mass is 14.2. The van der Waals surface area contributed by atoms with Crippen LogP contribution in [0.5, 0.6) is 0 Å². The van der Waals surface area contributed by atoms with Gasteiger partial charge in [0.05, 0.1) is 0 Å². The molecular formula is C36H26. The van der Waals surface area contributed by atoms with E-state index in [2.05, 4.69) is 158 Å². The maximum Gasteiger partial charge on any atom is -0.00268 e. The van der Waals surface area contributed by atoms with Gasteiger partial charge in [0, 0.05) is 0 Å². The van der Waals surface area contributed by atoms with Gasteiger partial charge in [-0.15, -0.1) is 0 Å². The van der Waals surface area contributed by atoms with Gasteiger partial charge in [-0.25, -0.2) is 0 Å². The van der Waals surface area contributed by atoms with Crippen LogP contribution in [0.25, 0.3) is 33.4 Å². The molecule has 0 heteroatoms. The minimum Gasteiger partial charge on any atom is -0.0622 e. The van der Waals surface area contributed by atoms with E-state index in [0.29, 0.717) is 0 Å². The van der Waals surface area contributed by atoms with Gasteiger partial charge in [-0.3, -0.25) is 0 Å². The summed E-state index contributed by atoms with van der Waals surface area (Å²) >= 11 is 0. The first-order valence-corrected chi connectivity index (χ1v) is 12.4. The quantitative estimate of drug-likeness (QED) is 0.226. The smallest absolute Gasteiger partial charge is 0.00268 e. The summed E-state index contributed by atoms with van der Waals surface area (Å²) in [6.45, 7) is 0. The predicted molar refractivity (Wildman–Crippen MR) is 153 cm³/mol. The van der Waals surface area contributed by atoms with Crippen molar-refractivity contribution < 1.29 is 0 Å². The van der Waals surface area contributed by atoms with Crippen molar-refractivity contribution >= 4 is 11.1 Å². The summed E-state index contributed by atoms with van der Waals surface area (Å²) in [5.74, 6) is 0. The molecule has 4 aromatic carbocycles. The Hall–Kier alpha value is -4.68. The van der Waals surface area contributed by atoms with Crippen LogP contribution in [0.15, 0.2) is 158 Å². The van der Waals surface area contributed by atoms with Crippen LogP contribution in [0.1, 0.15) is 22.3 Å². The molecule has 36 heavy (non-hydrogen) atoms. The maximum atomic E-state index is 2.28. The molecule has 0 aliphatic heterocycles. The molecule has 0 N–H and O–H groups in total. The van der Waals surface area contributed by atoms with Crippen molar-refractivity contribution in [3.05, 3.63) is 180 Å². The summed E-state index contributed by atoms with van der Waals surface area (Å²) in [6.07, 6.45) is 0. The fraction of sp³-hybridized carbons (Fsp3) is 0. The Bertz CT molecular complexity index is 1500. The summed E-state index contributed by atoms with van der Waals surface area (Å²) in [7, 11) is 0. The summed E-state index contributed by atoms with van der Waals surface area (Å²) in [6, 6.07) is 56.4. The Morgan fingerprint density at radius 3 is 0.972 bits per heavy atom. The van der Waals surface area contributed by atoms with Gasteiger partial charge >= 0.3 is 0 Å². The molecule has 0 saturated heterocycles. The molecule has 0 unspecified atom stereocenters. The highest BCUT2D eigenvalue weighted by Gasteiger charge is 2.16. The van der Waals surface area contributed by atoms with Gasteiger partial charge in [0.25, 0.3) is 0 Å². The summed E-state index contributed by atoms with van der Waals surface area (Å²) < 4.78 is 0. The first-order valence-electron chi connectivity index (χ1n) is 12.4. The number of benzene rings is 4. The first kappa shape index (κ1) is 21.8. The van der Waals surface area contributed by atoms with E-state index in [-0.39, 0.29) is 0 Å². The van der Waals surface area contributed by atoms with E-state index in [1.807, 2.05) is 0 Å². The average molecular weight is 459 g/mol. The Morgan fingerprint density at radius 1 is 0.250 bits per heavy atom. The van der Waals surface area contributed by atoms with E-state index in [4.69, 9.17) is 0 Å². The lowest BCUT2D eigenvalue weighted by atomic mass is 9.85. The molecule has 2 aliphatic rings. The third-order valence-corrected chi connectivity index (χ3v) is 6.67. The summed E-state index contributed by atoms with van der Waals surface area (Å²) in [4.78, 5) is 0. The molecule has 0 bridgehead atoms. The second kappa shape index (κ2) is 9.90. The lowest BCUT2D eigenvalue weighted by Gasteiger charge is -2.18. The number of hydrogen-bond donors (Lipinski definition) is 0. The summed E-state index contributed by atoms with van der Waals surface area (Å²) in [5, 5.41) is 0. The van der Waals surface area contributed by atoms with E-state index in [1.54, 1.807) is 0 Å². The molecule has 0 nitrogen and oxygen atoms in total. The molecule has 170 valence electrons. The fourth-order valence-electron chi connectivity index (χ4n) is 4.94. The molecule has 6 rings (SSSR count). The molecule has 0 radical (unpaired) electrons. The maximum absolute atomic E-state index is 2.28. The van der Waals surface area contributed by atoms with E-state index in [0.717, 1.165) is 0 Å². The van der Waals surface area contributed by atoms with E-state index in [9.17, 15) is 0 Å². The van der Waals surface area contributed by atoms with Gasteiger partial charge in [-0.05, 0) is 67.8 Å². The standard InChI is InChI=1S/C36H26/c1-5-13-28(14-6-1)35(29-15-7-2-8-16-29)36(30-17-9-3-10-18-30)31-23-21-27(22-24-31)34-25-32-19-11-4-12-20-33(32)26-34/h1-26H. The van der Waals surface area contributed by atoms with Crippen LogP contribution in [0, 0.1) is 0 Å². The monoisotopic (exact) mass is 458 g/mol. The van der Waals surface area contributed by atoms with Crippen molar-refractivity contribution in [3.63, 3.8) is 0 Å². The van der Waals surface area contributed by atoms with E-state index < -0.39 is 0 Å². The molecule has 0 spiro atoms. The van der Waals surface area contributed by atoms with Gasteiger partial charge in [0.1, 0.15) is 0 Å². The Morgan fingerprint density at radius 2 is 0.583 bits per heavy atom. The lowest BCUT2D eigenvalue weighted by Crippen LogP contribution is -1.97. The average Bonchev–Trinajstić information content (AvgIpc) is 3.23. The van der Waals surface area contributed by atoms with Crippen LogP contribution in [0.4, 0.5) is 0 Å². The molecule has 0 heterocycles. The zero-order chi connectivity index (χ0) is 24.2. The highest BCUT2D eigenvalue weighted by molar-refractivity contribution is 6.04. The number of fused-ring (bicyclic) bond motifs is 1. The highest BCUT2D eigenvalue weighted by Crippen LogP contribution is 2.38. The Balaban J connectivity index is 1.54. The third-order valence-electron chi connectivity index (χ3n) is 6.67. The van der Waals surface area contributed by atoms with Crippen LogP contribution < -0.4 is 0 Å². The van der Waals surface area contributed by atoms with Gasteiger partial charge in [-0.1, -0.05) is 146 Å². The van der Waals surface area contributed by atoms with Crippen LogP contribution >= 0.6 is 0 Å². The van der Waals surface area contributed by atoms with Crippen molar-refractivity contribution in [2.45, 2.75) is 0 Å². The molecule has 4 aromatic rings. The zero-order valence-electron chi connectivity index (χ0n) is 20.0. The molecule has 0 atom stereocenters. The lowest BCUT2D eigenvalue weighted by molar-refractivity contribution is 1.50. The Labute approximate surface area is 213 Å².